The Hall–Kier alpha value is -2.10. The Morgan fingerprint density at radius 3 is 2.65 bits per heavy atom. The highest BCUT2D eigenvalue weighted by Gasteiger charge is 1.96. The van der Waals surface area contributed by atoms with E-state index >= 15 is 0 Å². The van der Waals surface area contributed by atoms with Gasteiger partial charge in [0.2, 0.25) is 0 Å². The van der Waals surface area contributed by atoms with Crippen LogP contribution in [-0.2, 0) is 6.54 Å². The molecule has 88 valence electrons. The topological polar surface area (TPSA) is 37.0 Å². The van der Waals surface area contributed by atoms with Crippen LogP contribution < -0.4 is 10.6 Å². The number of nitrogens with zero attached hydrogens (tertiary/aromatic N) is 1. The zero-order valence-electron chi connectivity index (χ0n) is 9.57. The fourth-order valence-corrected chi connectivity index (χ4v) is 1.48. The maximum atomic E-state index is 12.7. The first-order valence-corrected chi connectivity index (χ1v) is 5.40. The number of nitrogens with one attached hydrogen (secondary N) is 2. The van der Waals surface area contributed by atoms with E-state index in [0.29, 0.717) is 6.54 Å². The highest BCUT2D eigenvalue weighted by atomic mass is 19.1. The first-order valence-electron chi connectivity index (χ1n) is 5.40. The molecule has 1 aromatic carbocycles. The zero-order valence-corrected chi connectivity index (χ0v) is 9.57. The third-order valence-corrected chi connectivity index (χ3v) is 2.43. The minimum Gasteiger partial charge on any atom is -0.381 e. The van der Waals surface area contributed by atoms with Crippen molar-refractivity contribution >= 4 is 11.5 Å². The van der Waals surface area contributed by atoms with Gasteiger partial charge in [0.1, 0.15) is 11.6 Å². The zero-order chi connectivity index (χ0) is 12.1. The van der Waals surface area contributed by atoms with Gasteiger partial charge < -0.3 is 10.6 Å². The molecule has 2 aromatic rings. The average molecular weight is 231 g/mol. The molecule has 3 nitrogen and oxygen atoms in total. The van der Waals surface area contributed by atoms with Crippen LogP contribution in [0, 0.1) is 5.82 Å². The van der Waals surface area contributed by atoms with Gasteiger partial charge in [-0.25, -0.2) is 9.37 Å². The minimum absolute atomic E-state index is 0.213. The lowest BCUT2D eigenvalue weighted by atomic mass is 10.2. The number of aromatic nitrogens is 1. The largest absolute Gasteiger partial charge is 0.381 e. The van der Waals surface area contributed by atoms with Crippen molar-refractivity contribution in [3.05, 3.63) is 54.0 Å². The van der Waals surface area contributed by atoms with Crippen molar-refractivity contribution in [1.82, 2.24) is 4.98 Å². The van der Waals surface area contributed by atoms with E-state index in [4.69, 9.17) is 0 Å². The maximum Gasteiger partial charge on any atom is 0.127 e. The third-order valence-electron chi connectivity index (χ3n) is 2.43. The van der Waals surface area contributed by atoms with Crippen molar-refractivity contribution in [3.8, 4) is 0 Å². The molecule has 0 atom stereocenters. The van der Waals surface area contributed by atoms with Gasteiger partial charge in [0, 0.05) is 31.5 Å². The van der Waals surface area contributed by atoms with E-state index in [0.717, 1.165) is 17.1 Å². The van der Waals surface area contributed by atoms with Crippen molar-refractivity contribution in [2.24, 2.45) is 0 Å². The lowest BCUT2D eigenvalue weighted by molar-refractivity contribution is 0.627. The van der Waals surface area contributed by atoms with E-state index < -0.39 is 0 Å². The maximum absolute atomic E-state index is 12.7. The summed E-state index contributed by atoms with van der Waals surface area (Å²) in [7, 11) is 1.83. The van der Waals surface area contributed by atoms with Gasteiger partial charge in [-0.05, 0) is 23.8 Å². The number of hydrogen-bond donors (Lipinski definition) is 2. The molecule has 2 N–H and O–H groups in total. The van der Waals surface area contributed by atoms with Crippen molar-refractivity contribution in [3.63, 3.8) is 0 Å². The summed E-state index contributed by atoms with van der Waals surface area (Å²) >= 11 is 0. The van der Waals surface area contributed by atoms with Gasteiger partial charge >= 0.3 is 0 Å². The molecule has 0 fully saturated rings. The molecule has 0 aliphatic heterocycles. The Morgan fingerprint density at radius 2 is 1.94 bits per heavy atom. The molecule has 0 saturated heterocycles. The van der Waals surface area contributed by atoms with Gasteiger partial charge in [-0.1, -0.05) is 12.1 Å². The summed E-state index contributed by atoms with van der Waals surface area (Å²) in [6.07, 6.45) is 1.73. The highest BCUT2D eigenvalue weighted by Crippen LogP contribution is 2.12. The first-order chi connectivity index (χ1) is 8.28. The molecule has 0 spiro atoms. The van der Waals surface area contributed by atoms with Crippen LogP contribution >= 0.6 is 0 Å². The van der Waals surface area contributed by atoms with Crippen LogP contribution in [0.1, 0.15) is 5.56 Å². The van der Waals surface area contributed by atoms with Crippen molar-refractivity contribution in [2.75, 3.05) is 17.7 Å². The van der Waals surface area contributed by atoms with Crippen molar-refractivity contribution < 1.29 is 4.39 Å². The van der Waals surface area contributed by atoms with E-state index in [1.165, 1.54) is 12.1 Å². The molecule has 2 rings (SSSR count). The van der Waals surface area contributed by atoms with Crippen LogP contribution in [0.3, 0.4) is 0 Å². The van der Waals surface area contributed by atoms with Crippen molar-refractivity contribution in [1.29, 1.82) is 0 Å². The number of hydrogen-bond acceptors (Lipinski definition) is 3. The van der Waals surface area contributed by atoms with Gasteiger partial charge in [0.15, 0.2) is 0 Å². The molecule has 0 amide bonds. The van der Waals surface area contributed by atoms with Gasteiger partial charge in [-0.15, -0.1) is 0 Å². The van der Waals surface area contributed by atoms with Gasteiger partial charge in [0.05, 0.1) is 0 Å². The molecule has 4 heteroatoms. The summed E-state index contributed by atoms with van der Waals surface area (Å²) in [5, 5.41) is 6.22. The minimum atomic E-state index is -0.213. The number of benzene rings is 1. The highest BCUT2D eigenvalue weighted by molar-refractivity contribution is 5.51. The second-order valence-electron chi connectivity index (χ2n) is 3.66. The fraction of sp³-hybridized carbons (Fsp3) is 0.154. The molecule has 0 bridgehead atoms. The lowest BCUT2D eigenvalue weighted by Crippen LogP contribution is -2.00. The summed E-state index contributed by atoms with van der Waals surface area (Å²) in [6, 6.07) is 10.3. The molecule has 1 aromatic heterocycles. The Morgan fingerprint density at radius 1 is 1.18 bits per heavy atom. The predicted octanol–water partition coefficient (Wildman–Crippen LogP) is 2.87. The molecule has 0 aliphatic carbocycles. The molecule has 0 unspecified atom stereocenters. The standard InChI is InChI=1S/C13H14FN3/c1-15-13-8-12(6-7-16-13)17-9-10-2-4-11(14)5-3-10/h2-8H,9H2,1H3,(H2,15,16,17). The Bertz CT molecular complexity index is 482. The lowest BCUT2D eigenvalue weighted by Gasteiger charge is -2.07. The summed E-state index contributed by atoms with van der Waals surface area (Å²) in [5.41, 5.74) is 2.02. The fourth-order valence-electron chi connectivity index (χ4n) is 1.48. The Balaban J connectivity index is 1.99. The predicted molar refractivity (Wildman–Crippen MR) is 67.5 cm³/mol. The molecule has 17 heavy (non-hydrogen) atoms. The van der Waals surface area contributed by atoms with Crippen LogP contribution in [-0.4, -0.2) is 12.0 Å². The second-order valence-corrected chi connectivity index (χ2v) is 3.66. The SMILES string of the molecule is CNc1cc(NCc2ccc(F)cc2)ccn1. The normalized spacial score (nSPS) is 10.0. The smallest absolute Gasteiger partial charge is 0.127 e. The van der Waals surface area contributed by atoms with E-state index in [9.17, 15) is 4.39 Å². The van der Waals surface area contributed by atoms with Gasteiger partial charge in [0.25, 0.3) is 0 Å². The van der Waals surface area contributed by atoms with Crippen molar-refractivity contribution in [2.45, 2.75) is 6.54 Å². The Kier molecular flexibility index (Phi) is 3.55. The van der Waals surface area contributed by atoms with Crippen LogP contribution in [0.4, 0.5) is 15.9 Å². The molecule has 0 saturated carbocycles. The van der Waals surface area contributed by atoms with E-state index in [2.05, 4.69) is 15.6 Å². The van der Waals surface area contributed by atoms with E-state index in [1.807, 2.05) is 19.2 Å². The van der Waals surface area contributed by atoms with E-state index in [-0.39, 0.29) is 5.82 Å². The van der Waals surface area contributed by atoms with Crippen LogP contribution in [0.25, 0.3) is 0 Å². The quantitative estimate of drug-likeness (QED) is 0.849. The van der Waals surface area contributed by atoms with Crippen LogP contribution in [0.5, 0.6) is 0 Å². The van der Waals surface area contributed by atoms with Crippen LogP contribution in [0.2, 0.25) is 0 Å². The van der Waals surface area contributed by atoms with E-state index in [1.54, 1.807) is 18.3 Å². The number of rotatable bonds is 4. The second kappa shape index (κ2) is 5.30. The number of halogens is 1. The summed E-state index contributed by atoms with van der Waals surface area (Å²) in [5.74, 6) is 0.601. The molecule has 1 heterocycles. The van der Waals surface area contributed by atoms with Crippen LogP contribution in [0.15, 0.2) is 42.6 Å². The molecular formula is C13H14FN3. The number of pyridine rings is 1. The number of anilines is 2. The summed E-state index contributed by atoms with van der Waals surface area (Å²) in [4.78, 5) is 4.12. The first kappa shape index (κ1) is 11.4. The monoisotopic (exact) mass is 231 g/mol. The summed E-state index contributed by atoms with van der Waals surface area (Å²) in [6.45, 7) is 0.660. The Labute approximate surface area is 99.7 Å². The summed E-state index contributed by atoms with van der Waals surface area (Å²) < 4.78 is 12.7. The van der Waals surface area contributed by atoms with Gasteiger partial charge in [-0.3, -0.25) is 0 Å². The molecular weight excluding hydrogens is 217 g/mol. The third kappa shape index (κ3) is 3.17. The molecule has 0 aliphatic rings. The average Bonchev–Trinajstić information content (AvgIpc) is 2.38. The van der Waals surface area contributed by atoms with Gasteiger partial charge in [-0.2, -0.15) is 0 Å². The molecule has 0 radical (unpaired) electrons.